The van der Waals surface area contributed by atoms with Crippen molar-refractivity contribution >= 4 is 34.8 Å². The number of carboxylic acid groups (broad SMARTS) is 1. The van der Waals surface area contributed by atoms with Crippen molar-refractivity contribution in [1.29, 1.82) is 0 Å². The van der Waals surface area contributed by atoms with Gasteiger partial charge in [-0.3, -0.25) is 9.59 Å². The van der Waals surface area contributed by atoms with Crippen molar-refractivity contribution in [2.24, 2.45) is 5.92 Å². The molecule has 22 heavy (non-hydrogen) atoms. The second-order valence-corrected chi connectivity index (χ2v) is 6.77. The van der Waals surface area contributed by atoms with Gasteiger partial charge in [-0.25, -0.2) is 0 Å². The van der Waals surface area contributed by atoms with Crippen LogP contribution in [0.2, 0.25) is 5.02 Å². The third-order valence-corrected chi connectivity index (χ3v) is 5.14. The fourth-order valence-electron chi connectivity index (χ4n) is 2.52. The average molecular weight is 336 g/mol. The van der Waals surface area contributed by atoms with Crippen LogP contribution in [0, 0.1) is 5.92 Å². The molecule has 1 saturated heterocycles. The van der Waals surface area contributed by atoms with Crippen molar-refractivity contribution in [3.63, 3.8) is 0 Å². The molecular weight excluding hydrogens is 322 g/mol. The summed E-state index contributed by atoms with van der Waals surface area (Å²) < 4.78 is 0. The number of rotatable bonds is 3. The van der Waals surface area contributed by atoms with Gasteiger partial charge in [-0.2, -0.15) is 0 Å². The Morgan fingerprint density at radius 2 is 1.91 bits per heavy atom. The Bertz CT molecular complexity index is 710. The molecule has 114 valence electrons. The summed E-state index contributed by atoms with van der Waals surface area (Å²) in [4.78, 5) is 26.7. The molecule has 1 aliphatic heterocycles. The van der Waals surface area contributed by atoms with E-state index < -0.39 is 11.9 Å². The van der Waals surface area contributed by atoms with E-state index in [9.17, 15) is 9.59 Å². The number of carbonyl (C=O) groups is 2. The molecular formula is C16H14ClNO3S. The lowest BCUT2D eigenvalue weighted by molar-refractivity contribution is -0.141. The number of aliphatic carboxylic acids is 1. The van der Waals surface area contributed by atoms with Crippen molar-refractivity contribution < 1.29 is 14.7 Å². The minimum atomic E-state index is -0.830. The van der Waals surface area contributed by atoms with E-state index in [0.717, 1.165) is 10.4 Å². The Labute approximate surface area is 136 Å². The molecule has 1 aliphatic rings. The van der Waals surface area contributed by atoms with Gasteiger partial charge in [0.05, 0.1) is 10.8 Å². The Morgan fingerprint density at radius 1 is 1.18 bits per heavy atom. The summed E-state index contributed by atoms with van der Waals surface area (Å²) in [6.07, 6.45) is 0.524. The summed E-state index contributed by atoms with van der Waals surface area (Å²) in [5.74, 6) is -1.36. The zero-order chi connectivity index (χ0) is 15.7. The molecule has 3 rings (SSSR count). The zero-order valence-electron chi connectivity index (χ0n) is 11.7. The number of nitrogens with zero attached hydrogens (tertiary/aromatic N) is 1. The van der Waals surface area contributed by atoms with Crippen molar-refractivity contribution in [3.05, 3.63) is 46.3 Å². The second kappa shape index (κ2) is 6.10. The Kier molecular flexibility index (Phi) is 4.18. The molecule has 1 N–H and O–H groups in total. The van der Waals surface area contributed by atoms with Gasteiger partial charge in [0.1, 0.15) is 0 Å². The third-order valence-electron chi connectivity index (χ3n) is 3.77. The van der Waals surface area contributed by atoms with E-state index in [0.29, 0.717) is 29.4 Å². The van der Waals surface area contributed by atoms with E-state index in [4.69, 9.17) is 16.7 Å². The van der Waals surface area contributed by atoms with Crippen LogP contribution in [0.1, 0.15) is 16.1 Å². The number of carbonyl (C=O) groups excluding carboxylic acids is 1. The number of likely N-dealkylation sites (tertiary alicyclic amines) is 1. The lowest BCUT2D eigenvalue weighted by atomic mass is 10.1. The van der Waals surface area contributed by atoms with Crippen molar-refractivity contribution in [2.75, 3.05) is 13.1 Å². The van der Waals surface area contributed by atoms with Gasteiger partial charge in [-0.1, -0.05) is 23.7 Å². The average Bonchev–Trinajstić information content (AvgIpc) is 3.17. The van der Waals surface area contributed by atoms with Crippen LogP contribution in [-0.4, -0.2) is 35.0 Å². The molecule has 0 aliphatic carbocycles. The highest BCUT2D eigenvalue weighted by molar-refractivity contribution is 7.17. The number of benzene rings is 1. The molecule has 0 saturated carbocycles. The number of amides is 1. The quantitative estimate of drug-likeness (QED) is 0.932. The van der Waals surface area contributed by atoms with Crippen LogP contribution in [0.5, 0.6) is 0 Å². The van der Waals surface area contributed by atoms with Gasteiger partial charge in [0.25, 0.3) is 5.91 Å². The molecule has 0 bridgehead atoms. The number of carboxylic acids is 1. The highest BCUT2D eigenvalue weighted by Crippen LogP contribution is 2.30. The predicted octanol–water partition coefficient (Wildman–Crippen LogP) is 3.62. The van der Waals surface area contributed by atoms with Crippen LogP contribution >= 0.6 is 22.9 Å². The molecule has 4 nitrogen and oxygen atoms in total. The lowest BCUT2D eigenvalue weighted by Crippen LogP contribution is -2.29. The normalized spacial score (nSPS) is 17.7. The van der Waals surface area contributed by atoms with Gasteiger partial charge in [-0.15, -0.1) is 11.3 Å². The van der Waals surface area contributed by atoms with Crippen LogP contribution < -0.4 is 0 Å². The van der Waals surface area contributed by atoms with Gasteiger partial charge >= 0.3 is 5.97 Å². The van der Waals surface area contributed by atoms with Crippen LogP contribution in [0.4, 0.5) is 0 Å². The van der Waals surface area contributed by atoms with Crippen molar-refractivity contribution in [1.82, 2.24) is 4.90 Å². The van der Waals surface area contributed by atoms with E-state index in [1.54, 1.807) is 11.0 Å². The summed E-state index contributed by atoms with van der Waals surface area (Å²) in [6, 6.07) is 11.2. The maximum Gasteiger partial charge on any atom is 0.308 e. The molecule has 1 aromatic carbocycles. The molecule has 1 atom stereocenters. The van der Waals surface area contributed by atoms with Crippen molar-refractivity contribution in [2.45, 2.75) is 6.42 Å². The third kappa shape index (κ3) is 3.00. The Balaban J connectivity index is 1.75. The molecule has 0 radical (unpaired) electrons. The molecule has 6 heteroatoms. The van der Waals surface area contributed by atoms with Gasteiger partial charge in [-0.05, 0) is 36.2 Å². The van der Waals surface area contributed by atoms with Gasteiger partial charge in [0, 0.05) is 23.0 Å². The first kappa shape index (κ1) is 15.1. The number of hydrogen-bond acceptors (Lipinski definition) is 3. The van der Waals surface area contributed by atoms with Crippen LogP contribution in [0.15, 0.2) is 36.4 Å². The van der Waals surface area contributed by atoms with E-state index in [1.165, 1.54) is 11.3 Å². The topological polar surface area (TPSA) is 57.6 Å². The number of hydrogen-bond donors (Lipinski definition) is 1. The van der Waals surface area contributed by atoms with E-state index in [-0.39, 0.29) is 5.91 Å². The van der Waals surface area contributed by atoms with Gasteiger partial charge in [0.15, 0.2) is 0 Å². The first-order valence-electron chi connectivity index (χ1n) is 6.92. The maximum absolute atomic E-state index is 12.4. The molecule has 1 unspecified atom stereocenters. The summed E-state index contributed by atoms with van der Waals surface area (Å²) >= 11 is 7.29. The van der Waals surface area contributed by atoms with Gasteiger partial charge in [0.2, 0.25) is 0 Å². The fraction of sp³-hybridized carbons (Fsp3) is 0.250. The molecule has 1 aromatic heterocycles. The molecule has 2 heterocycles. The Hall–Kier alpha value is -1.85. The number of halogens is 1. The van der Waals surface area contributed by atoms with Crippen molar-refractivity contribution in [3.8, 4) is 10.4 Å². The standard InChI is InChI=1S/C16H14ClNO3S/c17-12-3-1-10(2-4-12)13-5-6-14(22-13)15(19)18-8-7-11(9-18)16(20)21/h1-6,11H,7-9H2,(H,20,21). The van der Waals surface area contributed by atoms with Gasteiger partial charge < -0.3 is 10.0 Å². The maximum atomic E-state index is 12.4. The summed E-state index contributed by atoms with van der Waals surface area (Å²) in [5, 5.41) is 9.69. The monoisotopic (exact) mass is 335 g/mol. The van der Waals surface area contributed by atoms with Crippen LogP contribution in [-0.2, 0) is 4.79 Å². The molecule has 1 fully saturated rings. The highest BCUT2D eigenvalue weighted by atomic mass is 35.5. The van der Waals surface area contributed by atoms with E-state index >= 15 is 0 Å². The van der Waals surface area contributed by atoms with Crippen LogP contribution in [0.25, 0.3) is 10.4 Å². The SMILES string of the molecule is O=C(O)C1CCN(C(=O)c2ccc(-c3ccc(Cl)cc3)s2)C1. The molecule has 1 amide bonds. The Morgan fingerprint density at radius 3 is 2.55 bits per heavy atom. The zero-order valence-corrected chi connectivity index (χ0v) is 13.2. The highest BCUT2D eigenvalue weighted by Gasteiger charge is 2.31. The second-order valence-electron chi connectivity index (χ2n) is 5.25. The minimum Gasteiger partial charge on any atom is -0.481 e. The lowest BCUT2D eigenvalue weighted by Gasteiger charge is -2.14. The van der Waals surface area contributed by atoms with E-state index in [1.807, 2.05) is 30.3 Å². The minimum absolute atomic E-state index is 0.0889. The largest absolute Gasteiger partial charge is 0.481 e. The first-order chi connectivity index (χ1) is 10.5. The number of thiophene rings is 1. The first-order valence-corrected chi connectivity index (χ1v) is 8.12. The molecule has 2 aromatic rings. The van der Waals surface area contributed by atoms with E-state index in [2.05, 4.69) is 0 Å². The smallest absolute Gasteiger partial charge is 0.308 e. The summed E-state index contributed by atoms with van der Waals surface area (Å²) in [7, 11) is 0. The summed E-state index contributed by atoms with van der Waals surface area (Å²) in [6.45, 7) is 0.798. The van der Waals surface area contributed by atoms with Crippen LogP contribution in [0.3, 0.4) is 0 Å². The summed E-state index contributed by atoms with van der Waals surface area (Å²) in [5.41, 5.74) is 1.01. The fourth-order valence-corrected chi connectivity index (χ4v) is 3.63. The predicted molar refractivity (Wildman–Crippen MR) is 86.4 cm³/mol. The molecule has 0 spiro atoms.